The first-order valence-corrected chi connectivity index (χ1v) is 11.1. The Balaban J connectivity index is 0.00000341. The molecule has 7 heteroatoms. The quantitative estimate of drug-likeness (QED) is 0.459. The fraction of sp³-hybridized carbons (Fsp3) is 0.417. The molecule has 1 heterocycles. The van der Waals surface area contributed by atoms with Crippen LogP contribution in [0.15, 0.2) is 48.5 Å². The fourth-order valence-corrected chi connectivity index (χ4v) is 4.44. The zero-order chi connectivity index (χ0) is 21.4. The molecule has 5 nitrogen and oxygen atoms in total. The van der Waals surface area contributed by atoms with Crippen molar-refractivity contribution in [2.45, 2.75) is 39.2 Å². The fourth-order valence-electron chi connectivity index (χ4n) is 4.22. The normalized spacial score (nSPS) is 15.3. The van der Waals surface area contributed by atoms with Gasteiger partial charge in [-0.25, -0.2) is 4.79 Å². The van der Waals surface area contributed by atoms with E-state index in [2.05, 4.69) is 17.4 Å². The minimum atomic E-state index is -0.488. The molecule has 1 saturated heterocycles. The predicted octanol–water partition coefficient (Wildman–Crippen LogP) is 2.05. The molecular weight excluding hydrogens is 480 g/mol. The monoisotopic (exact) mass is 508 g/mol. The second-order valence-electron chi connectivity index (χ2n) is 7.94. The van der Waals surface area contributed by atoms with Gasteiger partial charge in [0.25, 0.3) is 5.91 Å². The van der Waals surface area contributed by atoms with E-state index in [9.17, 15) is 9.59 Å². The van der Waals surface area contributed by atoms with Crippen molar-refractivity contribution in [3.63, 3.8) is 0 Å². The van der Waals surface area contributed by atoms with Crippen molar-refractivity contribution in [1.82, 2.24) is 0 Å². The van der Waals surface area contributed by atoms with Gasteiger partial charge >= 0.3 is 5.97 Å². The summed E-state index contributed by atoms with van der Waals surface area (Å²) in [6, 6.07) is 15.3. The molecule has 1 fully saturated rings. The molecule has 1 aliphatic heterocycles. The lowest BCUT2D eigenvalue weighted by Gasteiger charge is -2.37. The highest BCUT2D eigenvalue weighted by Crippen LogP contribution is 2.28. The van der Waals surface area contributed by atoms with E-state index < -0.39 is 5.97 Å². The number of anilines is 1. The molecule has 0 bridgehead atoms. The number of benzene rings is 2. The molecular formula is C24H30BrClN2O3. The van der Waals surface area contributed by atoms with Gasteiger partial charge in [0.15, 0.2) is 6.54 Å². The van der Waals surface area contributed by atoms with Crippen molar-refractivity contribution in [3.05, 3.63) is 64.7 Å². The molecule has 168 valence electrons. The van der Waals surface area contributed by atoms with Crippen LogP contribution in [0.3, 0.4) is 0 Å². The lowest BCUT2D eigenvalue weighted by molar-refractivity contribution is -0.932. The molecule has 0 atom stereocenters. The molecule has 1 aliphatic rings. The molecule has 31 heavy (non-hydrogen) atoms. The van der Waals surface area contributed by atoms with Crippen molar-refractivity contribution in [1.29, 1.82) is 0 Å². The number of carbonyl (C=O) groups excluding carboxylic acids is 2. The highest BCUT2D eigenvalue weighted by Gasteiger charge is 2.32. The summed E-state index contributed by atoms with van der Waals surface area (Å²) in [7, 11) is 0. The molecule has 0 radical (unpaired) electrons. The van der Waals surface area contributed by atoms with Gasteiger partial charge in [0.05, 0.1) is 36.0 Å². The summed E-state index contributed by atoms with van der Waals surface area (Å²) in [5.41, 5.74) is 1.84. The highest BCUT2D eigenvalue weighted by atomic mass is 79.9. The SMILES string of the molecule is CCOC(=O)c1cccc(Cl)c1NC(=O)C[N+]1(Cc2ccccc2)CCCCCC1.[Br-]. The van der Waals surface area contributed by atoms with Gasteiger partial charge in [-0.15, -0.1) is 0 Å². The number of carbonyl (C=O) groups is 2. The molecule has 2 aromatic rings. The Morgan fingerprint density at radius 3 is 2.32 bits per heavy atom. The van der Waals surface area contributed by atoms with Crippen LogP contribution in [0.4, 0.5) is 5.69 Å². The summed E-state index contributed by atoms with van der Waals surface area (Å²) in [5.74, 6) is -0.621. The van der Waals surface area contributed by atoms with Gasteiger partial charge in [0.2, 0.25) is 0 Å². The number of halogens is 2. The number of para-hydroxylation sites is 1. The number of nitrogens with zero attached hydrogens (tertiary/aromatic N) is 1. The zero-order valence-electron chi connectivity index (χ0n) is 17.9. The van der Waals surface area contributed by atoms with Gasteiger partial charge < -0.3 is 31.5 Å². The van der Waals surface area contributed by atoms with Crippen molar-refractivity contribution >= 4 is 29.2 Å². The van der Waals surface area contributed by atoms with E-state index in [0.717, 1.165) is 37.0 Å². The number of hydrogen-bond donors (Lipinski definition) is 1. The second kappa shape index (κ2) is 12.2. The van der Waals surface area contributed by atoms with Gasteiger partial charge in [-0.3, -0.25) is 4.79 Å². The first-order chi connectivity index (χ1) is 14.5. The maximum absolute atomic E-state index is 13.1. The maximum Gasteiger partial charge on any atom is 0.340 e. The number of hydrogen-bond acceptors (Lipinski definition) is 3. The summed E-state index contributed by atoms with van der Waals surface area (Å²) in [6.07, 6.45) is 4.63. The van der Waals surface area contributed by atoms with Crippen molar-refractivity contribution < 1.29 is 35.8 Å². The van der Waals surface area contributed by atoms with Crippen molar-refractivity contribution in [2.24, 2.45) is 0 Å². The molecule has 0 spiro atoms. The van der Waals surface area contributed by atoms with Crippen LogP contribution in [0.1, 0.15) is 48.5 Å². The largest absolute Gasteiger partial charge is 1.00 e. The maximum atomic E-state index is 13.1. The van der Waals surface area contributed by atoms with Crippen LogP contribution in [-0.2, 0) is 16.1 Å². The average molecular weight is 510 g/mol. The lowest BCUT2D eigenvalue weighted by atomic mass is 10.1. The molecule has 0 aromatic heterocycles. The summed E-state index contributed by atoms with van der Waals surface area (Å²) >= 11 is 6.32. The smallest absolute Gasteiger partial charge is 0.340 e. The number of amides is 1. The second-order valence-corrected chi connectivity index (χ2v) is 8.34. The summed E-state index contributed by atoms with van der Waals surface area (Å²) in [4.78, 5) is 25.4. The average Bonchev–Trinajstić information content (AvgIpc) is 2.95. The van der Waals surface area contributed by atoms with Gasteiger partial charge in [0.1, 0.15) is 6.54 Å². The van der Waals surface area contributed by atoms with Gasteiger partial charge in [-0.2, -0.15) is 0 Å². The van der Waals surface area contributed by atoms with Crippen LogP contribution in [-0.4, -0.2) is 42.6 Å². The number of quaternary nitrogens is 1. The Hall–Kier alpha value is -1.89. The van der Waals surface area contributed by atoms with Crippen LogP contribution < -0.4 is 22.3 Å². The number of esters is 1. The molecule has 2 aromatic carbocycles. The van der Waals surface area contributed by atoms with E-state index >= 15 is 0 Å². The Labute approximate surface area is 200 Å². The minimum Gasteiger partial charge on any atom is -1.00 e. The summed E-state index contributed by atoms with van der Waals surface area (Å²) < 4.78 is 5.84. The van der Waals surface area contributed by atoms with E-state index in [-0.39, 0.29) is 35.1 Å². The number of rotatable bonds is 7. The minimum absolute atomic E-state index is 0. The van der Waals surface area contributed by atoms with Crippen molar-refractivity contribution in [3.8, 4) is 0 Å². The van der Waals surface area contributed by atoms with Crippen LogP contribution in [0.5, 0.6) is 0 Å². The molecule has 0 saturated carbocycles. The Bertz CT molecular complexity index is 868. The Morgan fingerprint density at radius 2 is 1.68 bits per heavy atom. The van der Waals surface area contributed by atoms with Crippen LogP contribution in [0.2, 0.25) is 5.02 Å². The number of nitrogens with one attached hydrogen (secondary N) is 1. The Morgan fingerprint density at radius 1 is 1.00 bits per heavy atom. The van der Waals surface area contributed by atoms with E-state index in [0.29, 0.717) is 17.3 Å². The van der Waals surface area contributed by atoms with E-state index in [1.54, 1.807) is 25.1 Å². The topological polar surface area (TPSA) is 55.4 Å². The third kappa shape index (κ3) is 7.06. The van der Waals surface area contributed by atoms with Gasteiger partial charge in [0, 0.05) is 5.56 Å². The third-order valence-corrected chi connectivity index (χ3v) is 5.94. The van der Waals surface area contributed by atoms with Gasteiger partial charge in [-0.05, 0) is 44.7 Å². The number of likely N-dealkylation sites (tertiary alicyclic amines) is 1. The van der Waals surface area contributed by atoms with Crippen LogP contribution in [0, 0.1) is 0 Å². The van der Waals surface area contributed by atoms with Crippen LogP contribution >= 0.6 is 11.6 Å². The van der Waals surface area contributed by atoms with E-state index in [1.165, 1.54) is 18.4 Å². The lowest BCUT2D eigenvalue weighted by Crippen LogP contribution is -3.00. The van der Waals surface area contributed by atoms with E-state index in [1.807, 2.05) is 18.2 Å². The zero-order valence-corrected chi connectivity index (χ0v) is 20.3. The molecule has 1 amide bonds. The highest BCUT2D eigenvalue weighted by molar-refractivity contribution is 6.34. The third-order valence-electron chi connectivity index (χ3n) is 5.63. The first-order valence-electron chi connectivity index (χ1n) is 10.7. The van der Waals surface area contributed by atoms with Crippen molar-refractivity contribution in [2.75, 3.05) is 31.6 Å². The first kappa shape index (κ1) is 25.4. The summed E-state index contributed by atoms with van der Waals surface area (Å²) in [5, 5.41) is 3.24. The van der Waals surface area contributed by atoms with Crippen LogP contribution in [0.25, 0.3) is 0 Å². The molecule has 0 aliphatic carbocycles. The standard InChI is InChI=1S/C24H29ClN2O3.BrH/c1-2-30-24(29)20-13-10-14-21(25)23(20)26-22(28)18-27(15-8-3-4-9-16-27)17-19-11-6-5-7-12-19;/h5-7,10-14H,2-4,8-9,15-18H2,1H3;1H. The molecule has 3 rings (SSSR count). The number of ether oxygens (including phenoxy) is 1. The predicted molar refractivity (Wildman–Crippen MR) is 120 cm³/mol. The Kier molecular flexibility index (Phi) is 10.0. The molecule has 0 unspecified atom stereocenters. The van der Waals surface area contributed by atoms with Gasteiger partial charge in [-0.1, -0.05) is 48.0 Å². The molecule has 1 N–H and O–H groups in total. The summed E-state index contributed by atoms with van der Waals surface area (Å²) in [6.45, 7) is 5.11. The van der Waals surface area contributed by atoms with E-state index in [4.69, 9.17) is 16.3 Å².